The van der Waals surface area contributed by atoms with E-state index in [9.17, 15) is 9.59 Å². The molecule has 1 aromatic rings. The van der Waals surface area contributed by atoms with Gasteiger partial charge in [-0.3, -0.25) is 9.59 Å². The van der Waals surface area contributed by atoms with Gasteiger partial charge in [-0.2, -0.15) is 0 Å². The zero-order valence-electron chi connectivity index (χ0n) is 9.01. The molecule has 0 atom stereocenters. The number of thiol groups is 1. The monoisotopic (exact) mass is 238 g/mol. The van der Waals surface area contributed by atoms with Crippen LogP contribution in [0.1, 0.15) is 17.3 Å². The average molecular weight is 238 g/mol. The molecular weight excluding hydrogens is 224 g/mol. The summed E-state index contributed by atoms with van der Waals surface area (Å²) in [4.78, 5) is 24.8. The van der Waals surface area contributed by atoms with E-state index in [1.165, 1.54) is 4.90 Å². The van der Waals surface area contributed by atoms with Gasteiger partial charge in [0.25, 0.3) is 5.91 Å². The molecule has 0 spiro atoms. The molecular formula is C11H14N2O2S. The maximum absolute atomic E-state index is 12.0. The van der Waals surface area contributed by atoms with Crippen LogP contribution in [0.3, 0.4) is 0 Å². The van der Waals surface area contributed by atoms with Gasteiger partial charge in [0.15, 0.2) is 0 Å². The van der Waals surface area contributed by atoms with E-state index in [4.69, 9.17) is 5.73 Å². The molecule has 0 aliphatic heterocycles. The first kappa shape index (κ1) is 12.6. The van der Waals surface area contributed by atoms with Gasteiger partial charge < -0.3 is 10.6 Å². The molecule has 0 unspecified atom stereocenters. The van der Waals surface area contributed by atoms with Crippen LogP contribution in [0.4, 0.5) is 0 Å². The van der Waals surface area contributed by atoms with E-state index in [0.29, 0.717) is 17.0 Å². The second-order valence-corrected chi connectivity index (χ2v) is 3.78. The Labute approximate surface area is 99.8 Å². The van der Waals surface area contributed by atoms with E-state index in [1.54, 1.807) is 31.2 Å². The fraction of sp³-hybridized carbons (Fsp3) is 0.273. The summed E-state index contributed by atoms with van der Waals surface area (Å²) in [5.74, 6) is -0.751. The molecule has 1 rings (SSSR count). The van der Waals surface area contributed by atoms with Gasteiger partial charge in [0, 0.05) is 11.4 Å². The Morgan fingerprint density at radius 3 is 2.50 bits per heavy atom. The highest BCUT2D eigenvalue weighted by atomic mass is 32.1. The lowest BCUT2D eigenvalue weighted by Gasteiger charge is -2.19. The van der Waals surface area contributed by atoms with Crippen molar-refractivity contribution in [1.29, 1.82) is 0 Å². The number of carbonyl (C=O) groups is 2. The Hall–Kier alpha value is -1.49. The van der Waals surface area contributed by atoms with Crippen LogP contribution in [0.2, 0.25) is 0 Å². The predicted molar refractivity (Wildman–Crippen MR) is 64.5 cm³/mol. The second-order valence-electron chi connectivity index (χ2n) is 3.30. The number of nitrogens with zero attached hydrogens (tertiary/aromatic N) is 1. The molecule has 0 aliphatic rings. The molecule has 86 valence electrons. The number of benzene rings is 1. The molecule has 1 aromatic carbocycles. The van der Waals surface area contributed by atoms with Crippen LogP contribution < -0.4 is 5.73 Å². The van der Waals surface area contributed by atoms with Crippen molar-refractivity contribution in [2.24, 2.45) is 5.73 Å². The van der Waals surface area contributed by atoms with Crippen LogP contribution in [0, 0.1) is 0 Å². The third-order valence-electron chi connectivity index (χ3n) is 2.15. The fourth-order valence-electron chi connectivity index (χ4n) is 1.34. The minimum Gasteiger partial charge on any atom is -0.368 e. The number of hydrogen-bond donors (Lipinski definition) is 2. The van der Waals surface area contributed by atoms with Crippen molar-refractivity contribution in [2.75, 3.05) is 13.1 Å². The van der Waals surface area contributed by atoms with Gasteiger partial charge in [-0.05, 0) is 19.1 Å². The van der Waals surface area contributed by atoms with Gasteiger partial charge in [0.2, 0.25) is 5.91 Å². The normalized spacial score (nSPS) is 9.88. The number of rotatable bonds is 4. The van der Waals surface area contributed by atoms with Crippen molar-refractivity contribution in [3.63, 3.8) is 0 Å². The Balaban J connectivity index is 2.91. The topological polar surface area (TPSA) is 63.4 Å². The average Bonchev–Trinajstić information content (AvgIpc) is 2.25. The Morgan fingerprint density at radius 2 is 2.00 bits per heavy atom. The molecule has 0 heterocycles. The van der Waals surface area contributed by atoms with Gasteiger partial charge in [-0.1, -0.05) is 12.1 Å². The summed E-state index contributed by atoms with van der Waals surface area (Å²) in [6.07, 6.45) is 0. The first-order valence-electron chi connectivity index (χ1n) is 4.91. The third-order valence-corrected chi connectivity index (χ3v) is 2.54. The summed E-state index contributed by atoms with van der Waals surface area (Å²) in [5.41, 5.74) is 5.55. The van der Waals surface area contributed by atoms with Gasteiger partial charge in [0.1, 0.15) is 0 Å². The first-order valence-corrected chi connectivity index (χ1v) is 5.36. The third kappa shape index (κ3) is 3.00. The maximum Gasteiger partial charge on any atom is 0.255 e. The minimum atomic E-state index is -0.521. The van der Waals surface area contributed by atoms with E-state index < -0.39 is 5.91 Å². The Bertz CT molecular complexity index is 407. The summed E-state index contributed by atoms with van der Waals surface area (Å²) >= 11 is 4.20. The highest BCUT2D eigenvalue weighted by Gasteiger charge is 2.17. The zero-order valence-corrected chi connectivity index (χ0v) is 9.91. The number of nitrogens with two attached hydrogens (primary N) is 1. The molecule has 16 heavy (non-hydrogen) atoms. The molecule has 0 aliphatic carbocycles. The number of hydrogen-bond acceptors (Lipinski definition) is 3. The second kappa shape index (κ2) is 5.55. The van der Waals surface area contributed by atoms with Crippen molar-refractivity contribution in [3.8, 4) is 0 Å². The van der Waals surface area contributed by atoms with Crippen molar-refractivity contribution < 1.29 is 9.59 Å². The molecule has 0 bridgehead atoms. The standard InChI is InChI=1S/C11H14N2O2S/c1-2-13(7-10(12)14)11(15)8-5-3-4-6-9(8)16/h3-6,16H,2,7H2,1H3,(H2,12,14). The molecule has 2 amide bonds. The molecule has 2 N–H and O–H groups in total. The Kier molecular flexibility index (Phi) is 4.37. The summed E-state index contributed by atoms with van der Waals surface area (Å²) in [6.45, 7) is 2.16. The molecule has 0 aromatic heterocycles. The first-order chi connectivity index (χ1) is 7.56. The van der Waals surface area contributed by atoms with Gasteiger partial charge in [-0.15, -0.1) is 12.6 Å². The highest BCUT2D eigenvalue weighted by molar-refractivity contribution is 7.80. The van der Waals surface area contributed by atoms with Crippen LogP contribution in [0.5, 0.6) is 0 Å². The van der Waals surface area contributed by atoms with Crippen LogP contribution >= 0.6 is 12.6 Å². The van der Waals surface area contributed by atoms with Crippen molar-refractivity contribution in [1.82, 2.24) is 4.90 Å². The zero-order chi connectivity index (χ0) is 12.1. The highest BCUT2D eigenvalue weighted by Crippen LogP contribution is 2.15. The number of amides is 2. The molecule has 5 heteroatoms. The molecule has 0 radical (unpaired) electrons. The number of carbonyl (C=O) groups excluding carboxylic acids is 2. The molecule has 0 saturated carbocycles. The summed E-state index contributed by atoms with van der Waals surface area (Å²) < 4.78 is 0. The van der Waals surface area contributed by atoms with Crippen LogP contribution in [0.15, 0.2) is 29.2 Å². The van der Waals surface area contributed by atoms with Gasteiger partial charge >= 0.3 is 0 Å². The maximum atomic E-state index is 12.0. The molecule has 0 saturated heterocycles. The largest absolute Gasteiger partial charge is 0.368 e. The Morgan fingerprint density at radius 1 is 1.38 bits per heavy atom. The SMILES string of the molecule is CCN(CC(N)=O)C(=O)c1ccccc1S. The number of primary amides is 1. The molecule has 4 nitrogen and oxygen atoms in total. The van der Waals surface area contributed by atoms with E-state index in [0.717, 1.165) is 0 Å². The van der Waals surface area contributed by atoms with Crippen LogP contribution in [0.25, 0.3) is 0 Å². The van der Waals surface area contributed by atoms with Crippen molar-refractivity contribution in [3.05, 3.63) is 29.8 Å². The van der Waals surface area contributed by atoms with E-state index >= 15 is 0 Å². The van der Waals surface area contributed by atoms with Crippen molar-refractivity contribution in [2.45, 2.75) is 11.8 Å². The smallest absolute Gasteiger partial charge is 0.255 e. The van der Waals surface area contributed by atoms with Crippen LogP contribution in [-0.2, 0) is 4.79 Å². The quantitative estimate of drug-likeness (QED) is 0.766. The lowest BCUT2D eigenvalue weighted by molar-refractivity contribution is -0.118. The summed E-state index contributed by atoms with van der Waals surface area (Å²) in [6, 6.07) is 6.96. The van der Waals surface area contributed by atoms with Crippen molar-refractivity contribution >= 4 is 24.4 Å². The van der Waals surface area contributed by atoms with Gasteiger partial charge in [-0.25, -0.2) is 0 Å². The minimum absolute atomic E-state index is 0.0720. The lowest BCUT2D eigenvalue weighted by Crippen LogP contribution is -2.38. The number of likely N-dealkylation sites (N-methyl/N-ethyl adjacent to an activating group) is 1. The van der Waals surface area contributed by atoms with Gasteiger partial charge in [0.05, 0.1) is 12.1 Å². The lowest BCUT2D eigenvalue weighted by atomic mass is 10.2. The van der Waals surface area contributed by atoms with E-state index in [-0.39, 0.29) is 12.5 Å². The van der Waals surface area contributed by atoms with Crippen LogP contribution in [-0.4, -0.2) is 29.8 Å². The fourth-order valence-corrected chi connectivity index (χ4v) is 1.60. The van der Waals surface area contributed by atoms with E-state index in [2.05, 4.69) is 12.6 Å². The summed E-state index contributed by atoms with van der Waals surface area (Å²) in [5, 5.41) is 0. The predicted octanol–water partition coefficient (Wildman–Crippen LogP) is 0.923. The summed E-state index contributed by atoms with van der Waals surface area (Å²) in [7, 11) is 0. The molecule has 0 fully saturated rings. The van der Waals surface area contributed by atoms with E-state index in [1.807, 2.05) is 0 Å².